The van der Waals surface area contributed by atoms with Gasteiger partial charge in [0.05, 0.1) is 16.2 Å². The average Bonchev–Trinajstić information content (AvgIpc) is 2.81. The second-order valence-corrected chi connectivity index (χ2v) is 9.01. The maximum atomic E-state index is 13.2. The molecule has 1 aliphatic heterocycles. The lowest BCUT2D eigenvalue weighted by molar-refractivity contribution is -0.137. The molecule has 174 valence electrons. The van der Waals surface area contributed by atoms with E-state index < -0.39 is 17.6 Å². The zero-order valence-corrected chi connectivity index (χ0v) is 19.2. The van der Waals surface area contributed by atoms with Crippen LogP contribution in [0.5, 0.6) is 0 Å². The Kier molecular flexibility index (Phi) is 7.00. The largest absolute Gasteiger partial charge is 0.416 e. The number of anilines is 1. The van der Waals surface area contributed by atoms with Gasteiger partial charge in [0.15, 0.2) is 0 Å². The molecular weight excluding hydrogens is 485 g/mol. The van der Waals surface area contributed by atoms with E-state index in [1.807, 2.05) is 12.1 Å². The Bertz CT molecular complexity index is 1240. The number of nitrogens with zero attached hydrogens (tertiary/aromatic N) is 1. The zero-order valence-electron chi connectivity index (χ0n) is 17.6. The molecule has 4 rings (SSSR count). The van der Waals surface area contributed by atoms with Crippen molar-refractivity contribution < 1.29 is 22.8 Å². The third-order valence-corrected chi connectivity index (χ3v) is 6.40. The molecule has 1 aliphatic rings. The summed E-state index contributed by atoms with van der Waals surface area (Å²) in [7, 11) is 0. The van der Waals surface area contributed by atoms with Gasteiger partial charge in [-0.05, 0) is 53.6 Å². The molecule has 0 radical (unpaired) electrons. The fourth-order valence-corrected chi connectivity index (χ4v) is 4.53. The number of para-hydroxylation sites is 1. The van der Waals surface area contributed by atoms with E-state index in [0.29, 0.717) is 21.2 Å². The Morgan fingerprint density at radius 2 is 1.68 bits per heavy atom. The van der Waals surface area contributed by atoms with Gasteiger partial charge in [0, 0.05) is 16.5 Å². The van der Waals surface area contributed by atoms with Gasteiger partial charge in [-0.3, -0.25) is 14.5 Å². The van der Waals surface area contributed by atoms with Gasteiger partial charge in [0.2, 0.25) is 5.91 Å². The SMILES string of the molecule is O=C(CN1C(=O)C(=Cc2ccc(C(F)(F)F)cc2)Sc2ccccc21)NCc1ccc(Cl)cc1. The lowest BCUT2D eigenvalue weighted by Crippen LogP contribution is -2.42. The van der Waals surface area contributed by atoms with Crippen molar-refractivity contribution in [1.29, 1.82) is 0 Å². The quantitative estimate of drug-likeness (QED) is 0.425. The Balaban J connectivity index is 1.53. The first-order chi connectivity index (χ1) is 16.2. The van der Waals surface area contributed by atoms with Crippen molar-refractivity contribution in [3.05, 3.63) is 99.4 Å². The molecule has 0 aromatic heterocycles. The van der Waals surface area contributed by atoms with Gasteiger partial charge in [-0.25, -0.2) is 0 Å². The van der Waals surface area contributed by atoms with E-state index in [2.05, 4.69) is 5.32 Å². The first-order valence-corrected chi connectivity index (χ1v) is 11.4. The summed E-state index contributed by atoms with van der Waals surface area (Å²) in [5.41, 5.74) is 1.15. The Morgan fingerprint density at radius 1 is 1.00 bits per heavy atom. The summed E-state index contributed by atoms with van der Waals surface area (Å²) >= 11 is 7.09. The second kappa shape index (κ2) is 9.95. The van der Waals surface area contributed by atoms with Crippen molar-refractivity contribution in [3.8, 4) is 0 Å². The molecule has 4 nitrogen and oxygen atoms in total. The number of benzene rings is 3. The van der Waals surface area contributed by atoms with E-state index in [0.717, 1.165) is 22.6 Å². The average molecular weight is 503 g/mol. The molecule has 9 heteroatoms. The standard InChI is InChI=1S/C25H18ClF3N2O2S/c26-19-11-7-17(8-12-19)14-30-23(32)15-31-20-3-1-2-4-21(20)34-22(24(31)33)13-16-5-9-18(10-6-16)25(27,28)29/h1-13H,14-15H2,(H,30,32). The molecule has 0 aliphatic carbocycles. The summed E-state index contributed by atoms with van der Waals surface area (Å²) in [5, 5.41) is 3.39. The van der Waals surface area contributed by atoms with Crippen LogP contribution in [0, 0.1) is 0 Å². The molecule has 0 spiro atoms. The van der Waals surface area contributed by atoms with Crippen LogP contribution in [0.3, 0.4) is 0 Å². The van der Waals surface area contributed by atoms with Gasteiger partial charge >= 0.3 is 6.18 Å². The highest BCUT2D eigenvalue weighted by Crippen LogP contribution is 2.42. The van der Waals surface area contributed by atoms with Crippen LogP contribution in [0.25, 0.3) is 6.08 Å². The highest BCUT2D eigenvalue weighted by Gasteiger charge is 2.31. The lowest BCUT2D eigenvalue weighted by Gasteiger charge is -2.29. The van der Waals surface area contributed by atoms with E-state index in [-0.39, 0.29) is 19.0 Å². The van der Waals surface area contributed by atoms with Crippen LogP contribution in [-0.4, -0.2) is 18.4 Å². The number of carbonyl (C=O) groups excluding carboxylic acids is 2. The van der Waals surface area contributed by atoms with E-state index in [1.165, 1.54) is 34.9 Å². The van der Waals surface area contributed by atoms with Crippen LogP contribution >= 0.6 is 23.4 Å². The van der Waals surface area contributed by atoms with Crippen LogP contribution in [-0.2, 0) is 22.3 Å². The Hall–Kier alpha value is -3.23. The number of hydrogen-bond donors (Lipinski definition) is 1. The maximum absolute atomic E-state index is 13.2. The summed E-state index contributed by atoms with van der Waals surface area (Å²) in [5.74, 6) is -0.746. The summed E-state index contributed by atoms with van der Waals surface area (Å²) < 4.78 is 38.5. The first kappa shape index (κ1) is 23.9. The number of alkyl halides is 3. The molecule has 0 bridgehead atoms. The number of rotatable bonds is 5. The van der Waals surface area contributed by atoms with Gasteiger partial charge in [-0.15, -0.1) is 0 Å². The lowest BCUT2D eigenvalue weighted by atomic mass is 10.1. The number of fused-ring (bicyclic) bond motifs is 1. The van der Waals surface area contributed by atoms with Crippen LogP contribution < -0.4 is 10.2 Å². The van der Waals surface area contributed by atoms with E-state index in [1.54, 1.807) is 36.4 Å². The van der Waals surface area contributed by atoms with Crippen LogP contribution in [0.1, 0.15) is 16.7 Å². The molecule has 1 N–H and O–H groups in total. The summed E-state index contributed by atoms with van der Waals surface area (Å²) in [6.45, 7) is 0.0804. The van der Waals surface area contributed by atoms with Gasteiger partial charge < -0.3 is 5.32 Å². The minimum atomic E-state index is -4.43. The normalized spacial score (nSPS) is 14.8. The summed E-state index contributed by atoms with van der Waals surface area (Å²) in [6, 6.07) is 18.8. The molecule has 0 fully saturated rings. The van der Waals surface area contributed by atoms with Crippen LogP contribution in [0.4, 0.5) is 18.9 Å². The fourth-order valence-electron chi connectivity index (χ4n) is 3.34. The number of amides is 2. The second-order valence-electron chi connectivity index (χ2n) is 7.49. The smallest absolute Gasteiger partial charge is 0.350 e. The number of nitrogens with one attached hydrogen (secondary N) is 1. The first-order valence-electron chi connectivity index (χ1n) is 10.2. The number of thioether (sulfide) groups is 1. The molecule has 2 amide bonds. The van der Waals surface area contributed by atoms with Crippen molar-refractivity contribution in [2.75, 3.05) is 11.4 Å². The van der Waals surface area contributed by atoms with E-state index in [4.69, 9.17) is 11.6 Å². The van der Waals surface area contributed by atoms with Crippen LogP contribution in [0.2, 0.25) is 5.02 Å². The molecule has 3 aromatic carbocycles. The Morgan fingerprint density at radius 3 is 2.35 bits per heavy atom. The Labute approximate surface area is 203 Å². The third-order valence-electron chi connectivity index (χ3n) is 5.07. The van der Waals surface area contributed by atoms with Gasteiger partial charge in [0.25, 0.3) is 5.91 Å². The highest BCUT2D eigenvalue weighted by atomic mass is 35.5. The van der Waals surface area contributed by atoms with Crippen molar-refractivity contribution in [3.63, 3.8) is 0 Å². The molecule has 1 heterocycles. The molecule has 0 unspecified atom stereocenters. The zero-order chi connectivity index (χ0) is 24.3. The highest BCUT2D eigenvalue weighted by molar-refractivity contribution is 8.04. The van der Waals surface area contributed by atoms with Crippen molar-refractivity contribution in [2.24, 2.45) is 0 Å². The van der Waals surface area contributed by atoms with Crippen molar-refractivity contribution in [2.45, 2.75) is 17.6 Å². The monoisotopic (exact) mass is 502 g/mol. The molecule has 0 saturated carbocycles. The minimum absolute atomic E-state index is 0.200. The minimum Gasteiger partial charge on any atom is -0.350 e. The molecule has 3 aromatic rings. The molecule has 0 atom stereocenters. The van der Waals surface area contributed by atoms with E-state index in [9.17, 15) is 22.8 Å². The molecule has 0 saturated heterocycles. The summed E-state index contributed by atoms with van der Waals surface area (Å²) in [4.78, 5) is 28.3. The predicted octanol–water partition coefficient (Wildman–Crippen LogP) is 6.16. The van der Waals surface area contributed by atoms with Gasteiger partial charge in [-0.2, -0.15) is 13.2 Å². The number of carbonyl (C=O) groups is 2. The number of hydrogen-bond acceptors (Lipinski definition) is 3. The fraction of sp³-hybridized carbons (Fsp3) is 0.120. The third kappa shape index (κ3) is 5.63. The van der Waals surface area contributed by atoms with Crippen molar-refractivity contribution >= 4 is 46.9 Å². The van der Waals surface area contributed by atoms with Crippen molar-refractivity contribution in [1.82, 2.24) is 5.32 Å². The molecule has 34 heavy (non-hydrogen) atoms. The number of halogens is 4. The predicted molar refractivity (Wildman–Crippen MR) is 127 cm³/mol. The van der Waals surface area contributed by atoms with Gasteiger partial charge in [-0.1, -0.05) is 59.8 Å². The summed E-state index contributed by atoms with van der Waals surface area (Å²) in [6.07, 6.45) is -2.90. The van der Waals surface area contributed by atoms with E-state index >= 15 is 0 Å². The van der Waals surface area contributed by atoms with Gasteiger partial charge in [0.1, 0.15) is 6.54 Å². The molecular formula is C25H18ClF3N2O2S. The topological polar surface area (TPSA) is 49.4 Å². The van der Waals surface area contributed by atoms with Crippen LogP contribution in [0.15, 0.2) is 82.6 Å². The maximum Gasteiger partial charge on any atom is 0.416 e.